The van der Waals surface area contributed by atoms with Crippen LogP contribution in [0.5, 0.6) is 5.75 Å². The van der Waals surface area contributed by atoms with E-state index < -0.39 is 21.4 Å². The number of nitrogens with zero attached hydrogens (tertiary/aromatic N) is 3. The van der Waals surface area contributed by atoms with Gasteiger partial charge in [-0.3, -0.25) is 0 Å². The summed E-state index contributed by atoms with van der Waals surface area (Å²) in [4.78, 5) is 3.41. The molecule has 0 radical (unpaired) electrons. The SMILES string of the molecule is O=S(=O)(Oc1c(N(c2ccccc2)c2ccccc2)cccc1N(c1ccccc1)c1ccc2c3ccccc3n(-c3cc(-c4ccccc4)cc(-c4ccccc4)c3)c2c1)C(F)(F)F. The average molecular weight is 878 g/mol. The zero-order chi connectivity index (χ0) is 44.5. The first-order chi connectivity index (χ1) is 31.6. The van der Waals surface area contributed by atoms with Crippen LogP contribution < -0.4 is 14.0 Å². The smallest absolute Gasteiger partial charge is 0.371 e. The Morgan fingerprint density at radius 2 is 0.831 bits per heavy atom. The molecule has 0 aliphatic rings. The molecule has 65 heavy (non-hydrogen) atoms. The van der Waals surface area contributed by atoms with Crippen molar-refractivity contribution in [1.82, 2.24) is 4.57 Å². The molecule has 0 saturated heterocycles. The molecule has 0 saturated carbocycles. The number of aromatic nitrogens is 1. The van der Waals surface area contributed by atoms with Gasteiger partial charge in [-0.25, -0.2) is 0 Å². The topological polar surface area (TPSA) is 54.8 Å². The first kappa shape index (κ1) is 41.0. The van der Waals surface area contributed by atoms with E-state index in [1.807, 2.05) is 109 Å². The van der Waals surface area contributed by atoms with Crippen molar-refractivity contribution >= 4 is 66.0 Å². The van der Waals surface area contributed by atoms with Crippen molar-refractivity contribution < 1.29 is 25.8 Å². The van der Waals surface area contributed by atoms with Crippen molar-refractivity contribution in [3.8, 4) is 33.7 Å². The van der Waals surface area contributed by atoms with Gasteiger partial charge in [-0.05, 0) is 107 Å². The third-order valence-corrected chi connectivity index (χ3v) is 12.2. The van der Waals surface area contributed by atoms with Gasteiger partial charge in [0.1, 0.15) is 0 Å². The van der Waals surface area contributed by atoms with E-state index in [1.54, 1.807) is 76.5 Å². The largest absolute Gasteiger partial charge is 0.534 e. The van der Waals surface area contributed by atoms with Gasteiger partial charge in [0.15, 0.2) is 5.75 Å². The van der Waals surface area contributed by atoms with E-state index in [9.17, 15) is 21.6 Å². The Balaban J connectivity index is 1.25. The number of benzene rings is 9. The van der Waals surface area contributed by atoms with Gasteiger partial charge in [0, 0.05) is 39.2 Å². The molecule has 318 valence electrons. The number of anilines is 6. The summed E-state index contributed by atoms with van der Waals surface area (Å²) in [5.74, 6) is -0.523. The fraction of sp³-hybridized carbons (Fsp3) is 0.0182. The number of alkyl halides is 3. The summed E-state index contributed by atoms with van der Waals surface area (Å²) in [6.07, 6.45) is 0. The highest BCUT2D eigenvalue weighted by molar-refractivity contribution is 7.88. The second kappa shape index (κ2) is 16.9. The molecule has 10 aromatic rings. The molecule has 0 unspecified atom stereocenters. The van der Waals surface area contributed by atoms with E-state index in [-0.39, 0.29) is 11.4 Å². The highest BCUT2D eigenvalue weighted by Gasteiger charge is 2.49. The summed E-state index contributed by atoms with van der Waals surface area (Å²) in [6, 6.07) is 72.8. The van der Waals surface area contributed by atoms with Crippen LogP contribution in [0.3, 0.4) is 0 Å². The first-order valence-electron chi connectivity index (χ1n) is 20.8. The number of fused-ring (bicyclic) bond motifs is 3. The standard InChI is InChI=1S/C55H38F3N3O3S/c56-55(57,58)65(62,63)64-54-51(59(43-23-10-3-11-24-43)44-25-12-4-13-26-44)31-18-32-52(54)60(45-27-14-5-15-28-45)46-33-34-49-48-29-16-17-30-50(48)61(53(49)38-46)47-36-41(39-19-6-1-7-20-39)35-42(37-47)40-21-8-2-9-22-40/h1-38H. The monoisotopic (exact) mass is 877 g/mol. The first-order valence-corrected chi connectivity index (χ1v) is 22.2. The minimum Gasteiger partial charge on any atom is -0.371 e. The molecular weight excluding hydrogens is 840 g/mol. The van der Waals surface area contributed by atoms with Gasteiger partial charge in [0.2, 0.25) is 0 Å². The fourth-order valence-corrected chi connectivity index (χ4v) is 8.89. The summed E-state index contributed by atoms with van der Waals surface area (Å²) in [5.41, 5.74) is 3.37. The van der Waals surface area contributed by atoms with Crippen molar-refractivity contribution in [1.29, 1.82) is 0 Å². The number of para-hydroxylation sites is 5. The second-order valence-electron chi connectivity index (χ2n) is 15.3. The van der Waals surface area contributed by atoms with Crippen LogP contribution in [-0.2, 0) is 10.1 Å². The summed E-state index contributed by atoms with van der Waals surface area (Å²) in [5, 5.41) is 1.93. The lowest BCUT2D eigenvalue weighted by Crippen LogP contribution is -2.29. The molecule has 10 rings (SSSR count). The van der Waals surface area contributed by atoms with Crippen LogP contribution in [0.15, 0.2) is 231 Å². The molecule has 0 aliphatic carbocycles. The lowest BCUT2D eigenvalue weighted by molar-refractivity contribution is -0.0499. The molecule has 1 aromatic heterocycles. The summed E-state index contributed by atoms with van der Waals surface area (Å²) in [7, 11) is -6.20. The van der Waals surface area contributed by atoms with Crippen LogP contribution in [0.25, 0.3) is 49.7 Å². The maximum absolute atomic E-state index is 14.5. The number of hydrogen-bond donors (Lipinski definition) is 0. The van der Waals surface area contributed by atoms with Gasteiger partial charge in [-0.15, -0.1) is 0 Å². The van der Waals surface area contributed by atoms with E-state index in [1.165, 1.54) is 0 Å². The van der Waals surface area contributed by atoms with Gasteiger partial charge < -0.3 is 18.6 Å². The number of hydrogen-bond acceptors (Lipinski definition) is 5. The van der Waals surface area contributed by atoms with Gasteiger partial charge in [-0.1, -0.05) is 146 Å². The minimum atomic E-state index is -6.20. The van der Waals surface area contributed by atoms with Crippen LogP contribution in [0.1, 0.15) is 0 Å². The van der Waals surface area contributed by atoms with Gasteiger partial charge in [0.05, 0.1) is 22.4 Å². The Morgan fingerprint density at radius 1 is 0.400 bits per heavy atom. The summed E-state index contributed by atoms with van der Waals surface area (Å²) < 4.78 is 77.6. The van der Waals surface area contributed by atoms with Crippen LogP contribution in [0.2, 0.25) is 0 Å². The minimum absolute atomic E-state index is 0.0536. The molecule has 0 bridgehead atoms. The Morgan fingerprint density at radius 3 is 1.32 bits per heavy atom. The molecule has 1 heterocycles. The molecule has 0 aliphatic heterocycles. The fourth-order valence-electron chi connectivity index (χ4n) is 8.40. The highest BCUT2D eigenvalue weighted by atomic mass is 32.2. The Hall–Kier alpha value is -8.08. The van der Waals surface area contributed by atoms with Crippen LogP contribution in [0, 0.1) is 0 Å². The molecule has 10 heteroatoms. The molecule has 9 aromatic carbocycles. The van der Waals surface area contributed by atoms with E-state index in [0.717, 1.165) is 49.7 Å². The van der Waals surface area contributed by atoms with Crippen LogP contribution in [-0.4, -0.2) is 18.5 Å². The summed E-state index contributed by atoms with van der Waals surface area (Å²) in [6.45, 7) is 0. The maximum atomic E-state index is 14.5. The quantitative estimate of drug-likeness (QED) is 0.0957. The zero-order valence-electron chi connectivity index (χ0n) is 34.5. The van der Waals surface area contributed by atoms with Crippen molar-refractivity contribution in [2.45, 2.75) is 5.51 Å². The molecule has 6 nitrogen and oxygen atoms in total. The molecule has 0 spiro atoms. The van der Waals surface area contributed by atoms with Crippen molar-refractivity contribution in [2.24, 2.45) is 0 Å². The van der Waals surface area contributed by atoms with E-state index in [4.69, 9.17) is 4.18 Å². The zero-order valence-corrected chi connectivity index (χ0v) is 35.4. The average Bonchev–Trinajstić information content (AvgIpc) is 3.67. The number of halogens is 3. The highest BCUT2D eigenvalue weighted by Crippen LogP contribution is 2.51. The third kappa shape index (κ3) is 7.85. The van der Waals surface area contributed by atoms with E-state index in [2.05, 4.69) is 59.2 Å². The predicted octanol–water partition coefficient (Wildman–Crippen LogP) is 15.3. The Bertz CT molecular complexity index is 3310. The molecule has 0 fully saturated rings. The summed E-state index contributed by atoms with van der Waals surface area (Å²) >= 11 is 0. The van der Waals surface area contributed by atoms with Gasteiger partial charge >= 0.3 is 15.6 Å². The molecule has 0 N–H and O–H groups in total. The second-order valence-corrected chi connectivity index (χ2v) is 16.9. The number of rotatable bonds is 11. The molecule has 0 amide bonds. The van der Waals surface area contributed by atoms with E-state index >= 15 is 0 Å². The van der Waals surface area contributed by atoms with Crippen molar-refractivity contribution in [3.63, 3.8) is 0 Å². The Labute approximate surface area is 374 Å². The molecular formula is C55H38F3N3O3S. The van der Waals surface area contributed by atoms with E-state index in [0.29, 0.717) is 22.7 Å². The lowest BCUT2D eigenvalue weighted by Gasteiger charge is -2.32. The predicted molar refractivity (Wildman–Crippen MR) is 257 cm³/mol. The van der Waals surface area contributed by atoms with Crippen LogP contribution >= 0.6 is 0 Å². The lowest BCUT2D eigenvalue weighted by atomic mass is 9.98. The van der Waals surface area contributed by atoms with Crippen LogP contribution in [0.4, 0.5) is 47.3 Å². The van der Waals surface area contributed by atoms with Gasteiger partial charge in [-0.2, -0.15) is 21.6 Å². The Kier molecular flexibility index (Phi) is 10.6. The van der Waals surface area contributed by atoms with Crippen molar-refractivity contribution in [2.75, 3.05) is 9.80 Å². The third-order valence-electron chi connectivity index (χ3n) is 11.3. The maximum Gasteiger partial charge on any atom is 0.534 e. The van der Waals surface area contributed by atoms with Gasteiger partial charge in [0.25, 0.3) is 0 Å². The van der Waals surface area contributed by atoms with Crippen molar-refractivity contribution in [3.05, 3.63) is 231 Å². The molecule has 0 atom stereocenters. The normalized spacial score (nSPS) is 11.7.